The summed E-state index contributed by atoms with van der Waals surface area (Å²) in [4.78, 5) is 14.2. The molecule has 3 heterocycles. The topological polar surface area (TPSA) is 135 Å². The minimum Gasteiger partial charge on any atom is -0.453 e. The lowest BCUT2D eigenvalue weighted by Crippen LogP contribution is -2.64. The van der Waals surface area contributed by atoms with Crippen molar-refractivity contribution >= 4 is 5.97 Å². The number of allylic oxidation sites excluding steroid dienone is 4. The molecule has 9 heteroatoms. The van der Waals surface area contributed by atoms with Crippen molar-refractivity contribution in [3.63, 3.8) is 0 Å². The summed E-state index contributed by atoms with van der Waals surface area (Å²) in [6, 6.07) is 0. The van der Waals surface area contributed by atoms with E-state index in [-0.39, 0.29) is 47.1 Å². The number of esters is 1. The molecule has 0 aromatic heterocycles. The molecule has 44 heavy (non-hydrogen) atoms. The van der Waals surface area contributed by atoms with E-state index in [1.165, 1.54) is 11.1 Å². The van der Waals surface area contributed by atoms with Gasteiger partial charge in [0.15, 0.2) is 11.9 Å². The van der Waals surface area contributed by atoms with Crippen molar-refractivity contribution < 1.29 is 44.2 Å². The number of aliphatic hydroxyl groups is 4. The molecule has 0 bridgehead atoms. The zero-order chi connectivity index (χ0) is 31.9. The van der Waals surface area contributed by atoms with Gasteiger partial charge < -0.3 is 39.4 Å². The fraction of sp³-hybridized carbons (Fsp3) is 0.857. The summed E-state index contributed by atoms with van der Waals surface area (Å²) in [6.45, 7) is 14.9. The Hall–Kier alpha value is -1.33. The van der Waals surface area contributed by atoms with Gasteiger partial charge >= 0.3 is 5.97 Å². The highest BCUT2D eigenvalue weighted by atomic mass is 16.7. The van der Waals surface area contributed by atoms with Gasteiger partial charge in [-0.1, -0.05) is 39.8 Å². The molecule has 9 nitrogen and oxygen atoms in total. The van der Waals surface area contributed by atoms with Gasteiger partial charge in [-0.15, -0.1) is 0 Å². The Kier molecular flexibility index (Phi) is 6.68. The number of aliphatic hydroxyl groups excluding tert-OH is 3. The molecule has 7 aliphatic rings. The van der Waals surface area contributed by atoms with Crippen molar-refractivity contribution in [2.24, 2.45) is 27.6 Å². The third-order valence-electron chi connectivity index (χ3n) is 14.0. The number of cyclic esters (lactones) is 1. The molecular formula is C35H52O9. The number of carbonyl (C=O) groups excluding carboxylic acids is 1. The summed E-state index contributed by atoms with van der Waals surface area (Å²) in [5.41, 5.74) is -2.43. The van der Waals surface area contributed by atoms with Gasteiger partial charge in [-0.05, 0) is 100 Å². The third kappa shape index (κ3) is 3.64. The van der Waals surface area contributed by atoms with Crippen molar-refractivity contribution in [3.05, 3.63) is 23.3 Å². The van der Waals surface area contributed by atoms with Gasteiger partial charge in [-0.25, -0.2) is 0 Å². The van der Waals surface area contributed by atoms with E-state index in [2.05, 4.69) is 53.7 Å². The molecule has 246 valence electrons. The van der Waals surface area contributed by atoms with Crippen LogP contribution in [0.2, 0.25) is 0 Å². The third-order valence-corrected chi connectivity index (χ3v) is 14.0. The van der Waals surface area contributed by atoms with Crippen LogP contribution in [0.1, 0.15) is 99.8 Å². The van der Waals surface area contributed by atoms with Crippen LogP contribution < -0.4 is 0 Å². The van der Waals surface area contributed by atoms with E-state index in [1.54, 1.807) is 0 Å². The fourth-order valence-corrected chi connectivity index (χ4v) is 11.3. The Morgan fingerprint density at radius 1 is 0.886 bits per heavy atom. The summed E-state index contributed by atoms with van der Waals surface area (Å²) in [7, 11) is 0. The highest BCUT2D eigenvalue weighted by Crippen LogP contribution is 2.76. The maximum Gasteiger partial charge on any atom is 0.317 e. The molecule has 12 unspecified atom stereocenters. The van der Waals surface area contributed by atoms with Crippen LogP contribution in [0.5, 0.6) is 0 Å². The predicted octanol–water partition coefficient (Wildman–Crippen LogP) is 3.70. The first-order chi connectivity index (χ1) is 20.4. The van der Waals surface area contributed by atoms with Crippen molar-refractivity contribution in [1.82, 2.24) is 0 Å². The van der Waals surface area contributed by atoms with E-state index in [1.807, 2.05) is 6.92 Å². The molecule has 0 aromatic carbocycles. The number of ether oxygens (including phenoxy) is 4. The highest BCUT2D eigenvalue weighted by Gasteiger charge is 2.84. The lowest BCUT2D eigenvalue weighted by atomic mass is 9.43. The normalized spacial score (nSPS) is 54.0. The summed E-state index contributed by atoms with van der Waals surface area (Å²) in [5.74, 6) is -0.0806. The van der Waals surface area contributed by atoms with Gasteiger partial charge in [0.1, 0.15) is 35.4 Å². The Balaban J connectivity index is 1.20. The van der Waals surface area contributed by atoms with Crippen LogP contribution in [0, 0.1) is 27.6 Å². The van der Waals surface area contributed by atoms with Gasteiger partial charge in [0, 0.05) is 5.41 Å². The standard InChI is InChI=1S/C35H52O9/c1-29(2)13-11-24(43-29)33(7)35(40)17-16-32(6)20-8-9-22-30(3,4)23(42-27-26(38)25(37)21(36)18-41-27)12-14-31(22,5)19(20)10-15-34(32,35)28(39)44-33/h8,10,21-27,36-38,40H,9,11-18H2,1-7H3. The molecule has 3 aliphatic heterocycles. The van der Waals surface area contributed by atoms with E-state index < -0.39 is 46.6 Å². The Labute approximate surface area is 261 Å². The maximum absolute atomic E-state index is 14.2. The van der Waals surface area contributed by atoms with Gasteiger partial charge in [0.25, 0.3) is 0 Å². The van der Waals surface area contributed by atoms with E-state index in [0.717, 1.165) is 32.1 Å². The average molecular weight is 617 g/mol. The van der Waals surface area contributed by atoms with Crippen molar-refractivity contribution in [2.45, 2.75) is 153 Å². The molecule has 0 radical (unpaired) electrons. The zero-order valence-corrected chi connectivity index (χ0v) is 27.4. The number of hydrogen-bond donors (Lipinski definition) is 4. The molecule has 4 N–H and O–H groups in total. The second-order valence-corrected chi connectivity index (χ2v) is 16.9. The molecule has 2 saturated carbocycles. The number of fused-ring (bicyclic) bond motifs is 4. The number of hydrogen-bond acceptors (Lipinski definition) is 9. The maximum atomic E-state index is 14.2. The lowest BCUT2D eigenvalue weighted by molar-refractivity contribution is -0.301. The van der Waals surface area contributed by atoms with Crippen molar-refractivity contribution in [1.29, 1.82) is 0 Å². The monoisotopic (exact) mass is 616 g/mol. The summed E-state index contributed by atoms with van der Waals surface area (Å²) in [6.07, 6.45) is 4.80. The first kappa shape index (κ1) is 31.3. The molecule has 12 atom stereocenters. The van der Waals surface area contributed by atoms with Crippen LogP contribution in [0.4, 0.5) is 0 Å². The Morgan fingerprint density at radius 3 is 2.30 bits per heavy atom. The quantitative estimate of drug-likeness (QED) is 0.350. The van der Waals surface area contributed by atoms with E-state index in [0.29, 0.717) is 19.3 Å². The zero-order valence-electron chi connectivity index (χ0n) is 27.4. The number of rotatable bonds is 3. The first-order valence-corrected chi connectivity index (χ1v) is 16.7. The molecule has 5 fully saturated rings. The van der Waals surface area contributed by atoms with Gasteiger partial charge in [-0.2, -0.15) is 0 Å². The molecule has 0 aromatic rings. The van der Waals surface area contributed by atoms with E-state index in [9.17, 15) is 25.2 Å². The van der Waals surface area contributed by atoms with Gasteiger partial charge in [0.05, 0.1) is 18.3 Å². The van der Waals surface area contributed by atoms with Crippen LogP contribution >= 0.6 is 0 Å². The Morgan fingerprint density at radius 2 is 1.61 bits per heavy atom. The van der Waals surface area contributed by atoms with Crippen LogP contribution in [0.3, 0.4) is 0 Å². The minimum absolute atomic E-state index is 0.0883. The van der Waals surface area contributed by atoms with Crippen LogP contribution in [0.25, 0.3) is 0 Å². The van der Waals surface area contributed by atoms with Gasteiger partial charge in [0.2, 0.25) is 0 Å². The van der Waals surface area contributed by atoms with Crippen LogP contribution in [0.15, 0.2) is 23.3 Å². The van der Waals surface area contributed by atoms with Crippen molar-refractivity contribution in [2.75, 3.05) is 6.61 Å². The largest absolute Gasteiger partial charge is 0.453 e. The predicted molar refractivity (Wildman–Crippen MR) is 160 cm³/mol. The second kappa shape index (κ2) is 9.39. The number of carbonyl (C=O) groups is 1. The van der Waals surface area contributed by atoms with Crippen LogP contribution in [-0.4, -0.2) is 86.6 Å². The summed E-state index contributed by atoms with van der Waals surface area (Å²) in [5, 5.41) is 43.4. The van der Waals surface area contributed by atoms with E-state index >= 15 is 0 Å². The molecule has 0 amide bonds. The van der Waals surface area contributed by atoms with E-state index in [4.69, 9.17) is 18.9 Å². The fourth-order valence-electron chi connectivity index (χ4n) is 11.3. The molecule has 4 aliphatic carbocycles. The first-order valence-electron chi connectivity index (χ1n) is 16.7. The molecule has 3 saturated heterocycles. The van der Waals surface area contributed by atoms with Crippen molar-refractivity contribution in [3.8, 4) is 0 Å². The molecule has 1 spiro atoms. The average Bonchev–Trinajstić information content (AvgIpc) is 3.50. The smallest absolute Gasteiger partial charge is 0.317 e. The SMILES string of the molecule is CC1(C)CCC(C2(C)OC(=O)C34CC=C5C(=CCC6C5(C)CCC(OC5OCC(O)C(O)C5O)C6(C)C)C3(C)CCC24O)O1. The molecular weight excluding hydrogens is 564 g/mol. The van der Waals surface area contributed by atoms with Crippen LogP contribution in [-0.2, 0) is 23.7 Å². The molecule has 7 rings (SSSR count). The highest BCUT2D eigenvalue weighted by molar-refractivity contribution is 5.87. The Bertz CT molecular complexity index is 1300. The van der Waals surface area contributed by atoms with Gasteiger partial charge in [-0.3, -0.25) is 4.79 Å². The minimum atomic E-state index is -1.35. The second-order valence-electron chi connectivity index (χ2n) is 16.9. The summed E-state index contributed by atoms with van der Waals surface area (Å²) < 4.78 is 24.8. The summed E-state index contributed by atoms with van der Waals surface area (Å²) >= 11 is 0. The lowest BCUT2D eigenvalue weighted by Gasteiger charge is -2.61.